The van der Waals surface area contributed by atoms with Gasteiger partial charge in [-0.1, -0.05) is 0 Å². The maximum atomic E-state index is 13.0. The highest BCUT2D eigenvalue weighted by Crippen LogP contribution is 2.21. The normalized spacial score (nSPS) is 19.3. The fourth-order valence-electron chi connectivity index (χ4n) is 4.08. The summed E-state index contributed by atoms with van der Waals surface area (Å²) in [4.78, 5) is 46.8. The number of nitrogens with zero attached hydrogens (tertiary/aromatic N) is 5. The van der Waals surface area contributed by atoms with Crippen molar-refractivity contribution in [3.8, 4) is 0 Å². The van der Waals surface area contributed by atoms with Crippen LogP contribution in [-0.2, 0) is 9.59 Å². The molecule has 0 aliphatic carbocycles. The third kappa shape index (κ3) is 5.83. The number of hydrogen-bond acceptors (Lipinski definition) is 4. The molecule has 0 bridgehead atoms. The van der Waals surface area contributed by atoms with E-state index in [1.54, 1.807) is 19.0 Å². The fraction of sp³-hybridized carbons (Fsp3) is 0.850. The van der Waals surface area contributed by atoms with E-state index in [4.69, 9.17) is 0 Å². The van der Waals surface area contributed by atoms with Crippen molar-refractivity contribution < 1.29 is 14.4 Å². The van der Waals surface area contributed by atoms with Crippen molar-refractivity contribution in [1.82, 2.24) is 24.5 Å². The molecule has 0 aromatic carbocycles. The van der Waals surface area contributed by atoms with Crippen LogP contribution in [0.3, 0.4) is 0 Å². The molecule has 2 rings (SSSR count). The van der Waals surface area contributed by atoms with Crippen LogP contribution in [0.5, 0.6) is 0 Å². The van der Waals surface area contributed by atoms with Gasteiger partial charge in [-0.2, -0.15) is 0 Å². The third-order valence-electron chi connectivity index (χ3n) is 5.87. The molecule has 4 amide bonds. The average molecular weight is 396 g/mol. The molecule has 0 N–H and O–H groups in total. The lowest BCUT2D eigenvalue weighted by molar-refractivity contribution is -0.136. The van der Waals surface area contributed by atoms with E-state index in [0.717, 1.165) is 52.0 Å². The summed E-state index contributed by atoms with van der Waals surface area (Å²) in [5.74, 6) is 0.395. The van der Waals surface area contributed by atoms with Crippen LogP contribution < -0.4 is 0 Å². The number of rotatable bonds is 5. The molecule has 8 nitrogen and oxygen atoms in total. The summed E-state index contributed by atoms with van der Waals surface area (Å²) < 4.78 is 0. The Bertz CT molecular complexity index is 542. The van der Waals surface area contributed by atoms with Crippen LogP contribution in [0.1, 0.15) is 33.1 Å². The van der Waals surface area contributed by atoms with Crippen LogP contribution in [-0.4, -0.2) is 115 Å². The molecule has 0 radical (unpaired) electrons. The van der Waals surface area contributed by atoms with E-state index in [1.165, 1.54) is 0 Å². The molecule has 160 valence electrons. The predicted octanol–water partition coefficient (Wildman–Crippen LogP) is 0.783. The first-order valence-corrected chi connectivity index (χ1v) is 10.6. The zero-order chi connectivity index (χ0) is 20.7. The van der Waals surface area contributed by atoms with Crippen molar-refractivity contribution in [3.63, 3.8) is 0 Å². The van der Waals surface area contributed by atoms with Crippen molar-refractivity contribution in [2.45, 2.75) is 33.1 Å². The molecule has 8 heteroatoms. The van der Waals surface area contributed by atoms with E-state index < -0.39 is 0 Å². The van der Waals surface area contributed by atoms with Gasteiger partial charge in [-0.25, -0.2) is 4.79 Å². The largest absolute Gasteiger partial charge is 0.342 e. The van der Waals surface area contributed by atoms with Gasteiger partial charge in [-0.05, 0) is 33.1 Å². The van der Waals surface area contributed by atoms with Crippen molar-refractivity contribution in [1.29, 1.82) is 0 Å². The maximum Gasteiger partial charge on any atom is 0.319 e. The Kier molecular flexibility index (Phi) is 8.54. The first-order valence-electron chi connectivity index (χ1n) is 10.6. The summed E-state index contributed by atoms with van der Waals surface area (Å²) in [6.45, 7) is 10.2. The van der Waals surface area contributed by atoms with Gasteiger partial charge in [0.15, 0.2) is 0 Å². The second kappa shape index (κ2) is 10.6. The number of piperidine rings is 1. The van der Waals surface area contributed by atoms with Gasteiger partial charge in [-0.3, -0.25) is 14.5 Å². The van der Waals surface area contributed by atoms with E-state index in [9.17, 15) is 14.4 Å². The minimum Gasteiger partial charge on any atom is -0.342 e. The second-order valence-corrected chi connectivity index (χ2v) is 7.96. The number of likely N-dealkylation sites (tertiary alicyclic amines) is 1. The lowest BCUT2D eigenvalue weighted by Gasteiger charge is -2.35. The topological polar surface area (TPSA) is 67.4 Å². The molecule has 0 unspecified atom stereocenters. The number of urea groups is 1. The molecule has 2 heterocycles. The van der Waals surface area contributed by atoms with E-state index in [2.05, 4.69) is 4.90 Å². The van der Waals surface area contributed by atoms with Gasteiger partial charge in [-0.15, -0.1) is 0 Å². The summed E-state index contributed by atoms with van der Waals surface area (Å²) in [5, 5.41) is 0. The highest BCUT2D eigenvalue weighted by Gasteiger charge is 2.31. The first-order chi connectivity index (χ1) is 13.4. The fourth-order valence-corrected chi connectivity index (χ4v) is 4.08. The molecule has 0 aromatic heterocycles. The van der Waals surface area contributed by atoms with Crippen LogP contribution in [0.25, 0.3) is 0 Å². The van der Waals surface area contributed by atoms with E-state index in [1.807, 2.05) is 28.5 Å². The van der Waals surface area contributed by atoms with Crippen LogP contribution in [0.15, 0.2) is 0 Å². The second-order valence-electron chi connectivity index (χ2n) is 7.96. The lowest BCUT2D eigenvalue weighted by atomic mass is 9.95. The zero-order valence-corrected chi connectivity index (χ0v) is 18.0. The monoisotopic (exact) mass is 395 g/mol. The molecule has 0 aromatic rings. The number of hydrogen-bond donors (Lipinski definition) is 0. The van der Waals surface area contributed by atoms with Crippen molar-refractivity contribution in [2.24, 2.45) is 5.92 Å². The van der Waals surface area contributed by atoms with Gasteiger partial charge < -0.3 is 19.6 Å². The molecule has 28 heavy (non-hydrogen) atoms. The smallest absolute Gasteiger partial charge is 0.319 e. The van der Waals surface area contributed by atoms with Crippen molar-refractivity contribution in [2.75, 3.05) is 73.0 Å². The van der Waals surface area contributed by atoms with Gasteiger partial charge in [0, 0.05) is 72.4 Å². The van der Waals surface area contributed by atoms with Crippen molar-refractivity contribution in [3.05, 3.63) is 0 Å². The van der Waals surface area contributed by atoms with Crippen LogP contribution in [0.2, 0.25) is 0 Å². The van der Waals surface area contributed by atoms with E-state index in [-0.39, 0.29) is 23.8 Å². The molecule has 2 saturated heterocycles. The van der Waals surface area contributed by atoms with E-state index >= 15 is 0 Å². The standard InChI is InChI=1S/C20H37N5O3/c1-5-23(6-2)18(26)16-22-10-7-11-24(15-14-22)19(27)17-8-12-25(13-9-17)20(28)21(3)4/h17H,5-16H2,1-4H3. The van der Waals surface area contributed by atoms with Crippen molar-refractivity contribution >= 4 is 17.8 Å². The van der Waals surface area contributed by atoms with Gasteiger partial charge in [0.1, 0.15) is 0 Å². The predicted molar refractivity (Wildman–Crippen MR) is 109 cm³/mol. The Labute approximate surface area is 169 Å². The SMILES string of the molecule is CCN(CC)C(=O)CN1CCCN(C(=O)C2CCN(C(=O)N(C)C)CC2)CC1. The molecular weight excluding hydrogens is 358 g/mol. The van der Waals surface area contributed by atoms with Crippen LogP contribution >= 0.6 is 0 Å². The Morgan fingerprint density at radius 2 is 1.50 bits per heavy atom. The van der Waals surface area contributed by atoms with Gasteiger partial charge in [0.25, 0.3) is 0 Å². The Balaban J connectivity index is 1.81. The average Bonchev–Trinajstić information content (AvgIpc) is 2.93. The quantitative estimate of drug-likeness (QED) is 0.690. The number of carbonyl (C=O) groups excluding carboxylic acids is 3. The lowest BCUT2D eigenvalue weighted by Crippen LogP contribution is -2.47. The molecular formula is C20H37N5O3. The molecule has 2 aliphatic heterocycles. The van der Waals surface area contributed by atoms with Gasteiger partial charge in [0.05, 0.1) is 6.54 Å². The summed E-state index contributed by atoms with van der Waals surface area (Å²) in [5.41, 5.74) is 0. The third-order valence-corrected chi connectivity index (χ3v) is 5.87. The highest BCUT2D eigenvalue weighted by atomic mass is 16.2. The Morgan fingerprint density at radius 3 is 2.07 bits per heavy atom. The minimum atomic E-state index is 0.00932. The number of carbonyl (C=O) groups is 3. The van der Waals surface area contributed by atoms with Crippen LogP contribution in [0, 0.1) is 5.92 Å². The minimum absolute atomic E-state index is 0.00932. The number of likely N-dealkylation sites (N-methyl/N-ethyl adjacent to an activating group) is 1. The summed E-state index contributed by atoms with van der Waals surface area (Å²) in [6, 6.07) is 0.0224. The molecule has 0 saturated carbocycles. The van der Waals surface area contributed by atoms with Gasteiger partial charge in [0.2, 0.25) is 11.8 Å². The maximum absolute atomic E-state index is 13.0. The summed E-state index contributed by atoms with van der Waals surface area (Å²) in [7, 11) is 3.51. The zero-order valence-electron chi connectivity index (χ0n) is 18.0. The van der Waals surface area contributed by atoms with E-state index in [0.29, 0.717) is 26.2 Å². The Morgan fingerprint density at radius 1 is 0.857 bits per heavy atom. The summed E-state index contributed by atoms with van der Waals surface area (Å²) in [6.07, 6.45) is 2.37. The molecule has 0 spiro atoms. The number of amides is 4. The first kappa shape index (κ1) is 22.5. The molecule has 2 aliphatic rings. The molecule has 0 atom stereocenters. The highest BCUT2D eigenvalue weighted by molar-refractivity contribution is 5.80. The molecule has 2 fully saturated rings. The van der Waals surface area contributed by atoms with Crippen LogP contribution in [0.4, 0.5) is 4.79 Å². The summed E-state index contributed by atoms with van der Waals surface area (Å²) >= 11 is 0. The van der Waals surface area contributed by atoms with Gasteiger partial charge >= 0.3 is 6.03 Å². The Hall–Kier alpha value is -1.83.